The molecule has 2 aliphatic rings. The van der Waals surface area contributed by atoms with Crippen LogP contribution < -0.4 is 0 Å². The number of allylic oxidation sites excluding steroid dienone is 8. The first-order valence-corrected chi connectivity index (χ1v) is 7.55. The van der Waals surface area contributed by atoms with Crippen LogP contribution in [-0.2, 0) is 0 Å². The van der Waals surface area contributed by atoms with E-state index in [1.807, 2.05) is 0 Å². The van der Waals surface area contributed by atoms with Crippen molar-refractivity contribution in [1.82, 2.24) is 0 Å². The molecule has 2 atom stereocenters. The predicted octanol–water partition coefficient (Wildman–Crippen LogP) is 5.43. The zero-order chi connectivity index (χ0) is 12.5. The van der Waals surface area contributed by atoms with E-state index in [1.165, 1.54) is 10.0 Å². The van der Waals surface area contributed by atoms with Crippen LogP contribution in [0.25, 0.3) is 0 Å². The van der Waals surface area contributed by atoms with Crippen LogP contribution in [-0.4, -0.2) is 0 Å². The molecule has 1 saturated carbocycles. The maximum Gasteiger partial charge on any atom is 0.00896 e. The third-order valence-corrected chi connectivity index (χ3v) is 4.83. The van der Waals surface area contributed by atoms with Gasteiger partial charge in [-0.25, -0.2) is 0 Å². The van der Waals surface area contributed by atoms with Gasteiger partial charge in [-0.15, -0.1) is 0 Å². The van der Waals surface area contributed by atoms with E-state index in [-0.39, 0.29) is 0 Å². The Morgan fingerprint density at radius 1 is 1.41 bits per heavy atom. The Kier molecular flexibility index (Phi) is 3.96. The normalized spacial score (nSPS) is 33.2. The van der Waals surface area contributed by atoms with Gasteiger partial charge in [-0.1, -0.05) is 56.7 Å². The molecule has 0 aromatic carbocycles. The SMILES string of the molecule is CC/C=C(I)\C=C1/CC2C=CC=CC2C1(C)C. The zero-order valence-corrected chi connectivity index (χ0v) is 13.1. The van der Waals surface area contributed by atoms with E-state index in [1.54, 1.807) is 5.57 Å². The number of hydrogen-bond donors (Lipinski definition) is 0. The second-order valence-corrected chi connectivity index (χ2v) is 6.80. The minimum Gasteiger partial charge on any atom is -0.0805 e. The van der Waals surface area contributed by atoms with Gasteiger partial charge < -0.3 is 0 Å². The fourth-order valence-corrected chi connectivity index (χ4v) is 3.84. The van der Waals surface area contributed by atoms with Crippen molar-refractivity contribution in [3.05, 3.63) is 45.6 Å². The Morgan fingerprint density at radius 2 is 2.12 bits per heavy atom. The highest BCUT2D eigenvalue weighted by Crippen LogP contribution is 2.53. The lowest BCUT2D eigenvalue weighted by atomic mass is 9.75. The number of rotatable bonds is 2. The van der Waals surface area contributed by atoms with Gasteiger partial charge >= 0.3 is 0 Å². The van der Waals surface area contributed by atoms with E-state index < -0.39 is 0 Å². The Bertz CT molecular complexity index is 407. The van der Waals surface area contributed by atoms with Crippen LogP contribution in [0.2, 0.25) is 0 Å². The summed E-state index contributed by atoms with van der Waals surface area (Å²) >= 11 is 2.45. The fraction of sp³-hybridized carbons (Fsp3) is 0.500. The molecule has 0 nitrogen and oxygen atoms in total. The van der Waals surface area contributed by atoms with Gasteiger partial charge in [0, 0.05) is 3.58 Å². The van der Waals surface area contributed by atoms with Crippen molar-refractivity contribution in [2.75, 3.05) is 0 Å². The Morgan fingerprint density at radius 3 is 2.76 bits per heavy atom. The van der Waals surface area contributed by atoms with Crippen molar-refractivity contribution < 1.29 is 0 Å². The molecule has 0 radical (unpaired) electrons. The molecule has 0 aliphatic heterocycles. The number of fused-ring (bicyclic) bond motifs is 1. The van der Waals surface area contributed by atoms with Gasteiger partial charge in [-0.2, -0.15) is 0 Å². The largest absolute Gasteiger partial charge is 0.0805 e. The van der Waals surface area contributed by atoms with Gasteiger partial charge in [0.2, 0.25) is 0 Å². The molecule has 0 heterocycles. The van der Waals surface area contributed by atoms with E-state index in [4.69, 9.17) is 0 Å². The number of hydrogen-bond acceptors (Lipinski definition) is 0. The van der Waals surface area contributed by atoms with Crippen molar-refractivity contribution in [3.63, 3.8) is 0 Å². The van der Waals surface area contributed by atoms with E-state index >= 15 is 0 Å². The molecule has 0 N–H and O–H groups in total. The van der Waals surface area contributed by atoms with Gasteiger partial charge in [-0.05, 0) is 58.8 Å². The molecule has 0 aromatic heterocycles. The highest BCUT2D eigenvalue weighted by molar-refractivity contribution is 14.1. The van der Waals surface area contributed by atoms with E-state index in [2.05, 4.69) is 79.8 Å². The second kappa shape index (κ2) is 5.13. The standard InChI is InChI=1S/C16H21I/c1-4-7-14(17)11-13-10-12-8-5-6-9-15(12)16(13,2)3/h5-9,11-12,15H,4,10H2,1-3H3/b13-11+,14-7+. The van der Waals surface area contributed by atoms with Gasteiger partial charge in [0.15, 0.2) is 0 Å². The van der Waals surface area contributed by atoms with Crippen LogP contribution in [0.1, 0.15) is 33.6 Å². The quantitative estimate of drug-likeness (QED) is 0.588. The molecule has 1 fully saturated rings. The summed E-state index contributed by atoms with van der Waals surface area (Å²) in [7, 11) is 0. The first-order chi connectivity index (χ1) is 8.05. The molecular weight excluding hydrogens is 319 g/mol. The van der Waals surface area contributed by atoms with E-state index in [9.17, 15) is 0 Å². The summed E-state index contributed by atoms with van der Waals surface area (Å²) in [4.78, 5) is 0. The van der Waals surface area contributed by atoms with Gasteiger partial charge in [-0.3, -0.25) is 0 Å². The molecule has 2 rings (SSSR count). The van der Waals surface area contributed by atoms with E-state index in [0.29, 0.717) is 17.3 Å². The van der Waals surface area contributed by atoms with Crippen molar-refractivity contribution in [3.8, 4) is 0 Å². The average molecular weight is 340 g/mol. The summed E-state index contributed by atoms with van der Waals surface area (Å²) in [6.45, 7) is 6.98. The Balaban J connectivity index is 2.29. The van der Waals surface area contributed by atoms with Crippen LogP contribution in [0.5, 0.6) is 0 Å². The van der Waals surface area contributed by atoms with Crippen LogP contribution in [0, 0.1) is 17.3 Å². The molecule has 2 aliphatic carbocycles. The van der Waals surface area contributed by atoms with Crippen molar-refractivity contribution in [1.29, 1.82) is 0 Å². The lowest BCUT2D eigenvalue weighted by Crippen LogP contribution is -2.21. The monoisotopic (exact) mass is 340 g/mol. The average Bonchev–Trinajstić information content (AvgIpc) is 2.52. The molecular formula is C16H21I. The summed E-state index contributed by atoms with van der Waals surface area (Å²) < 4.78 is 1.39. The zero-order valence-electron chi connectivity index (χ0n) is 10.9. The van der Waals surface area contributed by atoms with Gasteiger partial charge in [0.1, 0.15) is 0 Å². The minimum absolute atomic E-state index is 0.309. The first kappa shape index (κ1) is 13.1. The van der Waals surface area contributed by atoms with Gasteiger partial charge in [0.05, 0.1) is 0 Å². The smallest absolute Gasteiger partial charge is 0.00896 e. The molecule has 1 heteroatoms. The summed E-state index contributed by atoms with van der Waals surface area (Å²) in [5, 5.41) is 0. The lowest BCUT2D eigenvalue weighted by molar-refractivity contribution is 0.330. The lowest BCUT2D eigenvalue weighted by Gasteiger charge is -2.29. The van der Waals surface area contributed by atoms with Crippen molar-refractivity contribution in [2.45, 2.75) is 33.6 Å². The van der Waals surface area contributed by atoms with Crippen LogP contribution in [0.3, 0.4) is 0 Å². The van der Waals surface area contributed by atoms with Crippen LogP contribution >= 0.6 is 22.6 Å². The Hall–Kier alpha value is -0.310. The van der Waals surface area contributed by atoms with Crippen LogP contribution in [0.15, 0.2) is 45.6 Å². The van der Waals surface area contributed by atoms with Crippen molar-refractivity contribution >= 4 is 22.6 Å². The summed E-state index contributed by atoms with van der Waals surface area (Å²) in [5.74, 6) is 1.40. The fourth-order valence-electron chi connectivity index (χ4n) is 3.02. The molecule has 0 aromatic rings. The highest BCUT2D eigenvalue weighted by atomic mass is 127. The van der Waals surface area contributed by atoms with Crippen LogP contribution in [0.4, 0.5) is 0 Å². The Labute approximate surface area is 119 Å². The molecule has 17 heavy (non-hydrogen) atoms. The maximum atomic E-state index is 2.45. The summed E-state index contributed by atoms with van der Waals surface area (Å²) in [6, 6.07) is 0. The summed E-state index contributed by atoms with van der Waals surface area (Å²) in [5.41, 5.74) is 1.92. The third-order valence-electron chi connectivity index (χ3n) is 4.08. The topological polar surface area (TPSA) is 0 Å². The van der Waals surface area contributed by atoms with Gasteiger partial charge in [0.25, 0.3) is 0 Å². The third kappa shape index (κ3) is 2.59. The highest BCUT2D eigenvalue weighted by Gasteiger charge is 2.43. The maximum absolute atomic E-state index is 2.45. The summed E-state index contributed by atoms with van der Waals surface area (Å²) in [6.07, 6.45) is 16.2. The minimum atomic E-state index is 0.309. The number of halogens is 1. The molecule has 0 saturated heterocycles. The molecule has 0 spiro atoms. The van der Waals surface area contributed by atoms with E-state index in [0.717, 1.165) is 6.42 Å². The second-order valence-electron chi connectivity index (χ2n) is 5.55. The molecule has 0 bridgehead atoms. The first-order valence-electron chi connectivity index (χ1n) is 6.47. The van der Waals surface area contributed by atoms with Crippen molar-refractivity contribution in [2.24, 2.45) is 17.3 Å². The molecule has 0 amide bonds. The molecule has 2 unspecified atom stereocenters. The predicted molar refractivity (Wildman–Crippen MR) is 84.1 cm³/mol. The molecule has 92 valence electrons.